The largest absolute Gasteiger partial charge is 0.379 e. The lowest BCUT2D eigenvalue weighted by Crippen LogP contribution is -2.04. The predicted molar refractivity (Wildman–Crippen MR) is 76.8 cm³/mol. The van der Waals surface area contributed by atoms with Crippen molar-refractivity contribution in [3.05, 3.63) is 67.9 Å². The molecule has 0 radical (unpaired) electrons. The summed E-state index contributed by atoms with van der Waals surface area (Å²) in [4.78, 5) is 10.3. The number of hydrogen-bond acceptors (Lipinski definition) is 3. The van der Waals surface area contributed by atoms with Crippen LogP contribution >= 0.6 is 23.2 Å². The van der Waals surface area contributed by atoms with Gasteiger partial charge in [0, 0.05) is 17.6 Å². The Labute approximate surface area is 124 Å². The van der Waals surface area contributed by atoms with E-state index in [-0.39, 0.29) is 17.8 Å². The van der Waals surface area contributed by atoms with Crippen molar-refractivity contribution in [3.8, 4) is 0 Å². The SMILES string of the molecule is O=[N+]([O-])c1ccc(F)cc1CNc1cc(Cl)ccc1Cl. The second-order valence-electron chi connectivity index (χ2n) is 4.01. The fourth-order valence-corrected chi connectivity index (χ4v) is 2.05. The van der Waals surface area contributed by atoms with Crippen LogP contribution in [0.3, 0.4) is 0 Å². The first-order valence-electron chi connectivity index (χ1n) is 5.59. The van der Waals surface area contributed by atoms with Gasteiger partial charge in [-0.2, -0.15) is 0 Å². The number of rotatable bonds is 4. The van der Waals surface area contributed by atoms with Gasteiger partial charge in [0.15, 0.2) is 0 Å². The fraction of sp³-hybridized carbons (Fsp3) is 0.0769. The van der Waals surface area contributed by atoms with Crippen molar-refractivity contribution in [2.45, 2.75) is 6.54 Å². The van der Waals surface area contributed by atoms with Gasteiger partial charge in [0.1, 0.15) is 5.82 Å². The van der Waals surface area contributed by atoms with E-state index in [1.54, 1.807) is 18.2 Å². The number of benzene rings is 2. The summed E-state index contributed by atoms with van der Waals surface area (Å²) in [5, 5.41) is 14.7. The molecule has 2 aromatic rings. The van der Waals surface area contributed by atoms with Crippen LogP contribution in [0.15, 0.2) is 36.4 Å². The standard InChI is InChI=1S/C13H9Cl2FN2O2/c14-9-1-3-11(15)12(6-9)17-7-8-5-10(16)2-4-13(8)18(19)20/h1-6,17H,7H2. The number of nitro benzene ring substituents is 1. The zero-order chi connectivity index (χ0) is 14.7. The Morgan fingerprint density at radius 1 is 1.20 bits per heavy atom. The Kier molecular flexibility index (Phi) is 4.42. The molecule has 2 aromatic carbocycles. The monoisotopic (exact) mass is 314 g/mol. The van der Waals surface area contributed by atoms with E-state index in [9.17, 15) is 14.5 Å². The summed E-state index contributed by atoms with van der Waals surface area (Å²) in [7, 11) is 0. The van der Waals surface area contributed by atoms with Crippen LogP contribution < -0.4 is 5.32 Å². The Hall–Kier alpha value is -1.85. The van der Waals surface area contributed by atoms with Gasteiger partial charge in [0.2, 0.25) is 0 Å². The van der Waals surface area contributed by atoms with Crippen molar-refractivity contribution < 1.29 is 9.31 Å². The van der Waals surface area contributed by atoms with E-state index in [4.69, 9.17) is 23.2 Å². The van der Waals surface area contributed by atoms with Crippen LogP contribution in [0.2, 0.25) is 10.0 Å². The zero-order valence-electron chi connectivity index (χ0n) is 10.1. The highest BCUT2D eigenvalue weighted by Crippen LogP contribution is 2.27. The molecule has 1 N–H and O–H groups in total. The van der Waals surface area contributed by atoms with Crippen molar-refractivity contribution in [2.75, 3.05) is 5.32 Å². The van der Waals surface area contributed by atoms with Gasteiger partial charge < -0.3 is 5.32 Å². The molecule has 0 aliphatic heterocycles. The Balaban J connectivity index is 2.24. The molecule has 0 fully saturated rings. The van der Waals surface area contributed by atoms with Crippen molar-refractivity contribution in [2.24, 2.45) is 0 Å². The molecule has 0 unspecified atom stereocenters. The van der Waals surface area contributed by atoms with E-state index >= 15 is 0 Å². The number of nitrogens with zero attached hydrogens (tertiary/aromatic N) is 1. The van der Waals surface area contributed by atoms with Crippen LogP contribution in [0.4, 0.5) is 15.8 Å². The molecule has 20 heavy (non-hydrogen) atoms. The lowest BCUT2D eigenvalue weighted by molar-refractivity contribution is -0.385. The molecule has 0 spiro atoms. The Morgan fingerprint density at radius 3 is 2.65 bits per heavy atom. The third-order valence-electron chi connectivity index (χ3n) is 2.64. The smallest absolute Gasteiger partial charge is 0.274 e. The summed E-state index contributed by atoms with van der Waals surface area (Å²) in [6.45, 7) is 0.0636. The molecule has 7 heteroatoms. The summed E-state index contributed by atoms with van der Waals surface area (Å²) in [5.74, 6) is -0.537. The zero-order valence-corrected chi connectivity index (χ0v) is 11.6. The topological polar surface area (TPSA) is 55.2 Å². The molecule has 0 amide bonds. The van der Waals surface area contributed by atoms with Crippen LogP contribution in [0, 0.1) is 15.9 Å². The van der Waals surface area contributed by atoms with Gasteiger partial charge in [-0.25, -0.2) is 4.39 Å². The van der Waals surface area contributed by atoms with E-state index in [1.807, 2.05) is 0 Å². The third-order valence-corrected chi connectivity index (χ3v) is 3.20. The van der Waals surface area contributed by atoms with Crippen LogP contribution in [-0.4, -0.2) is 4.92 Å². The van der Waals surface area contributed by atoms with Gasteiger partial charge in [-0.1, -0.05) is 23.2 Å². The van der Waals surface area contributed by atoms with E-state index in [0.717, 1.165) is 18.2 Å². The highest BCUT2D eigenvalue weighted by Gasteiger charge is 2.14. The van der Waals surface area contributed by atoms with Gasteiger partial charge in [0.05, 0.1) is 21.2 Å². The first kappa shape index (κ1) is 14.6. The Morgan fingerprint density at radius 2 is 1.95 bits per heavy atom. The molecule has 0 saturated heterocycles. The molecular formula is C13H9Cl2FN2O2. The number of hydrogen-bond donors (Lipinski definition) is 1. The minimum Gasteiger partial charge on any atom is -0.379 e. The molecule has 104 valence electrons. The second kappa shape index (κ2) is 6.07. The first-order chi connectivity index (χ1) is 9.47. The summed E-state index contributed by atoms with van der Waals surface area (Å²) < 4.78 is 13.2. The molecule has 0 heterocycles. The number of nitro groups is 1. The minimum absolute atomic E-state index is 0.0636. The van der Waals surface area contributed by atoms with Crippen LogP contribution in [0.1, 0.15) is 5.56 Å². The molecule has 4 nitrogen and oxygen atoms in total. The van der Waals surface area contributed by atoms with Gasteiger partial charge in [-0.15, -0.1) is 0 Å². The lowest BCUT2D eigenvalue weighted by Gasteiger charge is -2.09. The van der Waals surface area contributed by atoms with E-state index in [0.29, 0.717) is 15.7 Å². The van der Waals surface area contributed by atoms with Gasteiger partial charge in [-0.05, 0) is 30.3 Å². The average Bonchev–Trinajstić information content (AvgIpc) is 2.39. The van der Waals surface area contributed by atoms with E-state index < -0.39 is 10.7 Å². The van der Waals surface area contributed by atoms with Crippen LogP contribution in [0.25, 0.3) is 0 Å². The highest BCUT2D eigenvalue weighted by atomic mass is 35.5. The van der Waals surface area contributed by atoms with Crippen LogP contribution in [0.5, 0.6) is 0 Å². The van der Waals surface area contributed by atoms with Crippen molar-refractivity contribution in [3.63, 3.8) is 0 Å². The molecule has 0 aromatic heterocycles. The maximum Gasteiger partial charge on any atom is 0.274 e. The molecule has 0 atom stereocenters. The number of halogens is 3. The lowest BCUT2D eigenvalue weighted by atomic mass is 10.1. The summed E-state index contributed by atoms with van der Waals surface area (Å²) in [6.07, 6.45) is 0. The molecule has 0 aliphatic rings. The maximum absolute atomic E-state index is 13.2. The quantitative estimate of drug-likeness (QED) is 0.660. The highest BCUT2D eigenvalue weighted by molar-refractivity contribution is 6.35. The summed E-state index contributed by atoms with van der Waals surface area (Å²) >= 11 is 11.8. The minimum atomic E-state index is -0.559. The van der Waals surface area contributed by atoms with Crippen molar-refractivity contribution in [1.29, 1.82) is 0 Å². The Bertz CT molecular complexity index is 665. The molecule has 2 rings (SSSR count). The maximum atomic E-state index is 13.2. The fourth-order valence-electron chi connectivity index (χ4n) is 1.70. The normalized spacial score (nSPS) is 10.3. The van der Waals surface area contributed by atoms with E-state index in [1.165, 1.54) is 0 Å². The number of anilines is 1. The van der Waals surface area contributed by atoms with E-state index in [2.05, 4.69) is 5.32 Å². The first-order valence-corrected chi connectivity index (χ1v) is 6.34. The predicted octanol–water partition coefficient (Wildman–Crippen LogP) is 4.65. The summed E-state index contributed by atoms with van der Waals surface area (Å²) in [5.41, 5.74) is 0.598. The van der Waals surface area contributed by atoms with Crippen molar-refractivity contribution >= 4 is 34.6 Å². The molecule has 0 aliphatic carbocycles. The van der Waals surface area contributed by atoms with Gasteiger partial charge in [-0.3, -0.25) is 10.1 Å². The molecule has 0 bridgehead atoms. The average molecular weight is 315 g/mol. The third kappa shape index (κ3) is 3.37. The van der Waals surface area contributed by atoms with Gasteiger partial charge >= 0.3 is 0 Å². The second-order valence-corrected chi connectivity index (χ2v) is 4.85. The molecule has 0 saturated carbocycles. The van der Waals surface area contributed by atoms with Gasteiger partial charge in [0.25, 0.3) is 5.69 Å². The van der Waals surface area contributed by atoms with Crippen molar-refractivity contribution in [1.82, 2.24) is 0 Å². The number of nitrogens with one attached hydrogen (secondary N) is 1. The van der Waals surface area contributed by atoms with Crippen LogP contribution in [-0.2, 0) is 6.54 Å². The molecular weight excluding hydrogens is 306 g/mol. The summed E-state index contributed by atoms with van der Waals surface area (Å²) in [6, 6.07) is 8.12.